The number of carbonyl (C=O) groups is 1. The number of hydrogen-bond donors (Lipinski definition) is 1. The molecule has 1 amide bonds. The van der Waals surface area contributed by atoms with Gasteiger partial charge in [-0.25, -0.2) is 12.8 Å². The molecule has 0 fully saturated rings. The highest BCUT2D eigenvalue weighted by molar-refractivity contribution is 8.15. The van der Waals surface area contributed by atoms with Crippen molar-refractivity contribution in [3.05, 3.63) is 47.8 Å². The highest BCUT2D eigenvalue weighted by Crippen LogP contribution is 2.42. The number of amidine groups is 1. The summed E-state index contributed by atoms with van der Waals surface area (Å²) in [5.41, 5.74) is 1.47. The zero-order valence-electron chi connectivity index (χ0n) is 15.9. The van der Waals surface area contributed by atoms with E-state index >= 15 is 0 Å². The van der Waals surface area contributed by atoms with E-state index in [1.165, 1.54) is 31.0 Å². The number of thioether (sulfide) groups is 1. The first-order valence-corrected chi connectivity index (χ1v) is 11.4. The first-order valence-electron chi connectivity index (χ1n) is 9.01. The van der Waals surface area contributed by atoms with Crippen molar-refractivity contribution in [3.63, 3.8) is 0 Å². The van der Waals surface area contributed by atoms with Crippen LogP contribution in [0.15, 0.2) is 45.7 Å². The maximum atomic E-state index is 14.2. The molecule has 2 aromatic rings. The minimum absolute atomic E-state index is 0.0462. The van der Waals surface area contributed by atoms with Crippen LogP contribution in [0.1, 0.15) is 10.4 Å². The molecule has 8 nitrogen and oxygen atoms in total. The van der Waals surface area contributed by atoms with Gasteiger partial charge in [-0.3, -0.25) is 4.79 Å². The lowest BCUT2D eigenvalue weighted by Crippen LogP contribution is -2.35. The number of sulfonamides is 1. The number of anilines is 2. The first-order chi connectivity index (χ1) is 14.4. The van der Waals surface area contributed by atoms with Crippen molar-refractivity contribution in [2.75, 3.05) is 42.8 Å². The number of methoxy groups -OCH3 is 1. The number of benzene rings is 2. The fraction of sp³-hybridized carbons (Fsp3) is 0.263. The van der Waals surface area contributed by atoms with Crippen molar-refractivity contribution in [2.45, 2.75) is 4.90 Å². The van der Waals surface area contributed by atoms with Gasteiger partial charge >= 0.3 is 0 Å². The van der Waals surface area contributed by atoms with Gasteiger partial charge in [0.1, 0.15) is 6.61 Å². The molecular formula is C19H18FN3O5S2. The third-order valence-electron chi connectivity index (χ3n) is 4.47. The third kappa shape index (κ3) is 4.27. The van der Waals surface area contributed by atoms with Crippen LogP contribution in [0.5, 0.6) is 5.75 Å². The second-order valence-corrected chi connectivity index (χ2v) is 9.30. The van der Waals surface area contributed by atoms with Gasteiger partial charge in [-0.1, -0.05) is 0 Å². The summed E-state index contributed by atoms with van der Waals surface area (Å²) < 4.78 is 51.5. The molecule has 2 aliphatic heterocycles. The molecular weight excluding hydrogens is 433 g/mol. The van der Waals surface area contributed by atoms with Crippen LogP contribution in [0.2, 0.25) is 0 Å². The Morgan fingerprint density at radius 1 is 1.27 bits per heavy atom. The molecule has 2 aromatic carbocycles. The predicted molar refractivity (Wildman–Crippen MR) is 113 cm³/mol. The maximum Gasteiger partial charge on any atom is 0.257 e. The fourth-order valence-corrected chi connectivity index (χ4v) is 5.30. The van der Waals surface area contributed by atoms with E-state index in [0.717, 1.165) is 10.6 Å². The Kier molecular flexibility index (Phi) is 5.67. The minimum atomic E-state index is -3.44. The molecule has 1 N–H and O–H groups in total. The summed E-state index contributed by atoms with van der Waals surface area (Å²) in [5, 5.41) is 3.04. The van der Waals surface area contributed by atoms with E-state index in [9.17, 15) is 17.6 Å². The Hall–Kier alpha value is -2.63. The Morgan fingerprint density at radius 2 is 2.10 bits per heavy atom. The lowest BCUT2D eigenvalue weighted by Gasteiger charge is -2.22. The van der Waals surface area contributed by atoms with Crippen molar-refractivity contribution >= 4 is 44.2 Å². The number of rotatable bonds is 6. The molecule has 0 radical (unpaired) electrons. The molecule has 0 aromatic heterocycles. The summed E-state index contributed by atoms with van der Waals surface area (Å²) in [6.07, 6.45) is 0. The monoisotopic (exact) mass is 451 g/mol. The van der Waals surface area contributed by atoms with Gasteiger partial charge in [-0.2, -0.15) is 0 Å². The van der Waals surface area contributed by atoms with Gasteiger partial charge in [0.05, 0.1) is 18.0 Å². The number of amides is 1. The smallest absolute Gasteiger partial charge is 0.257 e. The second-order valence-electron chi connectivity index (χ2n) is 6.54. The minimum Gasteiger partial charge on any atom is -0.488 e. The second kappa shape index (κ2) is 8.25. The van der Waals surface area contributed by atoms with E-state index in [2.05, 4.69) is 9.71 Å². The normalized spacial score (nSPS) is 16.5. The lowest BCUT2D eigenvalue weighted by molar-refractivity contribution is 0.102. The van der Waals surface area contributed by atoms with Crippen molar-refractivity contribution in [1.29, 1.82) is 0 Å². The Labute approximate surface area is 177 Å². The molecule has 0 spiro atoms. The van der Waals surface area contributed by atoms with Gasteiger partial charge in [0, 0.05) is 35.9 Å². The molecule has 0 aliphatic carbocycles. The standard InChI is InChI=1S/C19H18FN3O5S2/c1-27-7-8-28-16-5-3-13(11-14(16)20)21-18(24)12-2-4-15-17(10-12)29-19-22-30(25,26)9-6-23(15)19/h2-5,10-11H,6-9H2,1H3,(H,21,24). The summed E-state index contributed by atoms with van der Waals surface area (Å²) >= 11 is 1.20. The number of hydrogen-bond acceptors (Lipinski definition) is 7. The van der Waals surface area contributed by atoms with Gasteiger partial charge in [0.25, 0.3) is 15.9 Å². The summed E-state index contributed by atoms with van der Waals surface area (Å²) in [6, 6.07) is 9.23. The molecule has 2 aliphatic rings. The number of halogens is 1. The van der Waals surface area contributed by atoms with Crippen LogP contribution >= 0.6 is 11.8 Å². The van der Waals surface area contributed by atoms with E-state index in [0.29, 0.717) is 23.9 Å². The number of ether oxygens (including phenoxy) is 2. The average molecular weight is 452 g/mol. The Bertz CT molecular complexity index is 1140. The molecule has 4 rings (SSSR count). The van der Waals surface area contributed by atoms with Crippen LogP contribution in [-0.4, -0.2) is 52.1 Å². The molecule has 158 valence electrons. The summed E-state index contributed by atoms with van der Waals surface area (Å²) in [7, 11) is -1.92. The number of carbonyl (C=O) groups excluding carboxylic acids is 1. The largest absolute Gasteiger partial charge is 0.488 e. The molecule has 0 bridgehead atoms. The van der Waals surface area contributed by atoms with E-state index in [-0.39, 0.29) is 23.8 Å². The van der Waals surface area contributed by atoms with Crippen LogP contribution in [0, 0.1) is 5.82 Å². The van der Waals surface area contributed by atoms with E-state index < -0.39 is 21.7 Å². The van der Waals surface area contributed by atoms with Crippen LogP contribution < -0.4 is 15.0 Å². The SMILES string of the molecule is COCCOc1ccc(NC(=O)c2ccc3c(c2)SC2=NS(=O)(=O)CCN23)cc1F. The quantitative estimate of drug-likeness (QED) is 0.675. The van der Waals surface area contributed by atoms with E-state index in [1.54, 1.807) is 24.3 Å². The molecule has 0 saturated heterocycles. The summed E-state index contributed by atoms with van der Waals surface area (Å²) in [4.78, 5) is 15.2. The van der Waals surface area contributed by atoms with Gasteiger partial charge in [-0.15, -0.1) is 4.40 Å². The zero-order chi connectivity index (χ0) is 21.3. The lowest BCUT2D eigenvalue weighted by atomic mass is 10.1. The first kappa shape index (κ1) is 20.6. The number of fused-ring (bicyclic) bond motifs is 3. The van der Waals surface area contributed by atoms with Gasteiger partial charge in [0.15, 0.2) is 16.7 Å². The van der Waals surface area contributed by atoms with Gasteiger partial charge in [0.2, 0.25) is 0 Å². The van der Waals surface area contributed by atoms with Crippen LogP contribution in [-0.2, 0) is 14.8 Å². The highest BCUT2D eigenvalue weighted by atomic mass is 32.2. The molecule has 0 saturated carbocycles. The molecule has 30 heavy (non-hydrogen) atoms. The average Bonchev–Trinajstić information content (AvgIpc) is 3.05. The molecule has 0 unspecified atom stereocenters. The van der Waals surface area contributed by atoms with Crippen molar-refractivity contribution in [1.82, 2.24) is 0 Å². The van der Waals surface area contributed by atoms with Crippen molar-refractivity contribution < 1.29 is 27.1 Å². The van der Waals surface area contributed by atoms with Crippen LogP contribution in [0.25, 0.3) is 0 Å². The van der Waals surface area contributed by atoms with E-state index in [4.69, 9.17) is 9.47 Å². The molecule has 2 heterocycles. The molecule has 11 heteroatoms. The van der Waals surface area contributed by atoms with Crippen LogP contribution in [0.4, 0.5) is 15.8 Å². The Morgan fingerprint density at radius 3 is 2.87 bits per heavy atom. The molecule has 0 atom stereocenters. The van der Waals surface area contributed by atoms with Crippen molar-refractivity contribution in [2.24, 2.45) is 4.40 Å². The topological polar surface area (TPSA) is 97.3 Å². The number of nitrogens with zero attached hydrogens (tertiary/aromatic N) is 2. The summed E-state index contributed by atoms with van der Waals surface area (Å²) in [6.45, 7) is 0.879. The van der Waals surface area contributed by atoms with Crippen molar-refractivity contribution in [3.8, 4) is 5.75 Å². The maximum absolute atomic E-state index is 14.2. The summed E-state index contributed by atoms with van der Waals surface area (Å²) in [5.74, 6) is -0.976. The predicted octanol–water partition coefficient (Wildman–Crippen LogP) is 2.71. The zero-order valence-corrected chi connectivity index (χ0v) is 17.6. The number of nitrogens with one attached hydrogen (secondary N) is 1. The third-order valence-corrected chi connectivity index (χ3v) is 6.78. The Balaban J connectivity index is 1.48. The van der Waals surface area contributed by atoms with Gasteiger partial charge in [-0.05, 0) is 42.1 Å². The van der Waals surface area contributed by atoms with Gasteiger partial charge < -0.3 is 19.7 Å². The van der Waals surface area contributed by atoms with Crippen LogP contribution in [0.3, 0.4) is 0 Å². The highest BCUT2D eigenvalue weighted by Gasteiger charge is 2.33. The van der Waals surface area contributed by atoms with E-state index in [1.807, 2.05) is 4.90 Å². The fourth-order valence-electron chi connectivity index (χ4n) is 3.01.